The van der Waals surface area contributed by atoms with Gasteiger partial charge in [0, 0.05) is 32.1 Å². The molecule has 1 aliphatic heterocycles. The Morgan fingerprint density at radius 3 is 2.84 bits per heavy atom. The van der Waals surface area contributed by atoms with Gasteiger partial charge >= 0.3 is 0 Å². The first kappa shape index (κ1) is 14.8. The predicted octanol–water partition coefficient (Wildman–Crippen LogP) is 0.200. The standard InChI is InChI=1S/C14H27N3O2/c15-11-12-2-1-3-13(10-12)14(18)16-4-5-17-6-8-19-9-7-17/h12-13H,1-11,15H2,(H,16,18). The number of morpholine rings is 1. The molecule has 0 aromatic carbocycles. The third kappa shape index (κ3) is 4.75. The summed E-state index contributed by atoms with van der Waals surface area (Å²) in [5.41, 5.74) is 5.71. The van der Waals surface area contributed by atoms with Gasteiger partial charge in [0.2, 0.25) is 5.91 Å². The molecule has 1 saturated carbocycles. The van der Waals surface area contributed by atoms with E-state index >= 15 is 0 Å². The number of carbonyl (C=O) groups is 1. The molecule has 0 aromatic rings. The molecule has 1 amide bonds. The zero-order valence-corrected chi connectivity index (χ0v) is 11.8. The lowest BCUT2D eigenvalue weighted by Crippen LogP contribution is -2.43. The van der Waals surface area contributed by atoms with Crippen molar-refractivity contribution >= 4 is 5.91 Å². The molecule has 110 valence electrons. The highest BCUT2D eigenvalue weighted by Gasteiger charge is 2.26. The van der Waals surface area contributed by atoms with Crippen molar-refractivity contribution in [1.82, 2.24) is 10.2 Å². The Kier molecular flexibility index (Phi) is 6.07. The Morgan fingerprint density at radius 2 is 2.11 bits per heavy atom. The SMILES string of the molecule is NCC1CCCC(C(=O)NCCN2CCOCC2)C1. The van der Waals surface area contributed by atoms with Crippen molar-refractivity contribution in [2.45, 2.75) is 25.7 Å². The van der Waals surface area contributed by atoms with Gasteiger partial charge in [-0.25, -0.2) is 0 Å². The molecule has 0 spiro atoms. The number of amides is 1. The van der Waals surface area contributed by atoms with Crippen molar-refractivity contribution in [3.63, 3.8) is 0 Å². The fourth-order valence-electron chi connectivity index (χ4n) is 3.05. The van der Waals surface area contributed by atoms with Gasteiger partial charge in [-0.3, -0.25) is 9.69 Å². The van der Waals surface area contributed by atoms with Crippen LogP contribution in [0, 0.1) is 11.8 Å². The fourth-order valence-corrected chi connectivity index (χ4v) is 3.05. The van der Waals surface area contributed by atoms with Crippen molar-refractivity contribution < 1.29 is 9.53 Å². The van der Waals surface area contributed by atoms with E-state index in [9.17, 15) is 4.79 Å². The molecular formula is C14H27N3O2. The molecule has 5 heteroatoms. The molecule has 1 aliphatic carbocycles. The number of hydrogen-bond acceptors (Lipinski definition) is 4. The number of nitrogens with two attached hydrogens (primary N) is 1. The molecule has 5 nitrogen and oxygen atoms in total. The predicted molar refractivity (Wildman–Crippen MR) is 74.8 cm³/mol. The van der Waals surface area contributed by atoms with Crippen LogP contribution in [0.1, 0.15) is 25.7 Å². The third-order valence-corrected chi connectivity index (χ3v) is 4.32. The van der Waals surface area contributed by atoms with Crippen LogP contribution in [0.15, 0.2) is 0 Å². The van der Waals surface area contributed by atoms with E-state index in [-0.39, 0.29) is 11.8 Å². The summed E-state index contributed by atoms with van der Waals surface area (Å²) in [6, 6.07) is 0. The minimum atomic E-state index is 0.187. The normalized spacial score (nSPS) is 29.1. The van der Waals surface area contributed by atoms with Crippen molar-refractivity contribution in [2.24, 2.45) is 17.6 Å². The van der Waals surface area contributed by atoms with E-state index in [1.54, 1.807) is 0 Å². The van der Waals surface area contributed by atoms with Gasteiger partial charge in [-0.15, -0.1) is 0 Å². The molecule has 0 radical (unpaired) electrons. The molecule has 0 aromatic heterocycles. The maximum Gasteiger partial charge on any atom is 0.223 e. The van der Waals surface area contributed by atoms with Gasteiger partial charge in [0.25, 0.3) is 0 Å². The molecule has 1 heterocycles. The molecule has 2 fully saturated rings. The number of nitrogens with zero attached hydrogens (tertiary/aromatic N) is 1. The molecular weight excluding hydrogens is 242 g/mol. The largest absolute Gasteiger partial charge is 0.379 e. The van der Waals surface area contributed by atoms with Gasteiger partial charge in [-0.05, 0) is 31.7 Å². The topological polar surface area (TPSA) is 67.6 Å². The summed E-state index contributed by atoms with van der Waals surface area (Å²) >= 11 is 0. The second-order valence-electron chi connectivity index (χ2n) is 5.71. The Morgan fingerprint density at radius 1 is 1.32 bits per heavy atom. The van der Waals surface area contributed by atoms with Crippen molar-refractivity contribution in [3.05, 3.63) is 0 Å². The third-order valence-electron chi connectivity index (χ3n) is 4.32. The molecule has 2 rings (SSSR count). The first-order chi connectivity index (χ1) is 9.29. The smallest absolute Gasteiger partial charge is 0.223 e. The minimum absolute atomic E-state index is 0.187. The van der Waals surface area contributed by atoms with Gasteiger partial charge in [0.05, 0.1) is 13.2 Å². The van der Waals surface area contributed by atoms with Crippen molar-refractivity contribution in [2.75, 3.05) is 45.9 Å². The van der Waals surface area contributed by atoms with Gasteiger partial charge in [0.15, 0.2) is 0 Å². The van der Waals surface area contributed by atoms with E-state index in [1.807, 2.05) is 0 Å². The first-order valence-electron chi connectivity index (χ1n) is 7.57. The van der Waals surface area contributed by atoms with Gasteiger partial charge in [0.1, 0.15) is 0 Å². The Bertz CT molecular complexity index is 280. The fraction of sp³-hybridized carbons (Fsp3) is 0.929. The van der Waals surface area contributed by atoms with Crippen LogP contribution < -0.4 is 11.1 Å². The van der Waals surface area contributed by atoms with Crippen molar-refractivity contribution in [1.29, 1.82) is 0 Å². The first-order valence-corrected chi connectivity index (χ1v) is 7.57. The lowest BCUT2D eigenvalue weighted by molar-refractivity contribution is -0.126. The molecule has 1 saturated heterocycles. The molecule has 2 aliphatic rings. The van der Waals surface area contributed by atoms with Crippen LogP contribution in [0.3, 0.4) is 0 Å². The molecule has 0 bridgehead atoms. The second-order valence-corrected chi connectivity index (χ2v) is 5.71. The van der Waals surface area contributed by atoms with Crippen LogP contribution in [0.25, 0.3) is 0 Å². The summed E-state index contributed by atoms with van der Waals surface area (Å²) in [5.74, 6) is 0.960. The van der Waals surface area contributed by atoms with Crippen molar-refractivity contribution in [3.8, 4) is 0 Å². The monoisotopic (exact) mass is 269 g/mol. The Balaban J connectivity index is 1.63. The van der Waals surface area contributed by atoms with E-state index in [0.717, 1.165) is 65.2 Å². The highest BCUT2D eigenvalue weighted by atomic mass is 16.5. The second kappa shape index (κ2) is 7.82. The zero-order valence-electron chi connectivity index (χ0n) is 11.8. The van der Waals surface area contributed by atoms with Gasteiger partial charge in [-0.1, -0.05) is 6.42 Å². The van der Waals surface area contributed by atoms with Crippen LogP contribution in [0.2, 0.25) is 0 Å². The number of carbonyl (C=O) groups excluding carboxylic acids is 1. The van der Waals surface area contributed by atoms with E-state index < -0.39 is 0 Å². The van der Waals surface area contributed by atoms with Crippen LogP contribution in [0.5, 0.6) is 0 Å². The minimum Gasteiger partial charge on any atom is -0.379 e. The van der Waals surface area contributed by atoms with Crippen LogP contribution in [-0.2, 0) is 9.53 Å². The number of hydrogen-bond donors (Lipinski definition) is 2. The zero-order chi connectivity index (χ0) is 13.5. The number of rotatable bonds is 5. The summed E-state index contributed by atoms with van der Waals surface area (Å²) in [5, 5.41) is 3.08. The van der Waals surface area contributed by atoms with E-state index in [0.29, 0.717) is 5.92 Å². The average Bonchev–Trinajstić information content (AvgIpc) is 2.48. The Labute approximate surface area is 115 Å². The highest BCUT2D eigenvalue weighted by Crippen LogP contribution is 2.28. The lowest BCUT2D eigenvalue weighted by atomic mass is 9.81. The summed E-state index contributed by atoms with van der Waals surface area (Å²) in [4.78, 5) is 14.4. The average molecular weight is 269 g/mol. The maximum atomic E-state index is 12.1. The molecule has 2 unspecified atom stereocenters. The molecule has 2 atom stereocenters. The number of ether oxygens (including phenoxy) is 1. The van der Waals surface area contributed by atoms with Crippen LogP contribution in [0.4, 0.5) is 0 Å². The van der Waals surface area contributed by atoms with Crippen LogP contribution in [-0.4, -0.2) is 56.7 Å². The molecule has 19 heavy (non-hydrogen) atoms. The summed E-state index contributed by atoms with van der Waals surface area (Å²) < 4.78 is 5.31. The summed E-state index contributed by atoms with van der Waals surface area (Å²) in [7, 11) is 0. The van der Waals surface area contributed by atoms with Gasteiger partial charge in [-0.2, -0.15) is 0 Å². The van der Waals surface area contributed by atoms with E-state index in [2.05, 4.69) is 10.2 Å². The summed E-state index contributed by atoms with van der Waals surface area (Å²) in [6.07, 6.45) is 4.33. The number of nitrogens with one attached hydrogen (secondary N) is 1. The maximum absolute atomic E-state index is 12.1. The molecule has 3 N–H and O–H groups in total. The van der Waals surface area contributed by atoms with E-state index in [1.165, 1.54) is 6.42 Å². The van der Waals surface area contributed by atoms with Gasteiger partial charge < -0.3 is 15.8 Å². The quantitative estimate of drug-likeness (QED) is 0.748. The highest BCUT2D eigenvalue weighted by molar-refractivity contribution is 5.78. The lowest BCUT2D eigenvalue weighted by Gasteiger charge is -2.29. The van der Waals surface area contributed by atoms with E-state index in [4.69, 9.17) is 10.5 Å². The Hall–Kier alpha value is -0.650. The van der Waals surface area contributed by atoms with Crippen LogP contribution >= 0.6 is 0 Å². The summed E-state index contributed by atoms with van der Waals surface area (Å²) in [6.45, 7) is 5.99.